The predicted octanol–water partition coefficient (Wildman–Crippen LogP) is -0.0275. The average molecular weight is 422 g/mol. The summed E-state index contributed by atoms with van der Waals surface area (Å²) in [6.07, 6.45) is 2.48. The van der Waals surface area contributed by atoms with Gasteiger partial charge in [0.05, 0.1) is 6.61 Å². The Kier molecular flexibility index (Phi) is 6.10. The number of aromatic nitrogens is 3. The largest absolute Gasteiger partial charge is 0.484 e. The maximum atomic E-state index is 12.1. The summed E-state index contributed by atoms with van der Waals surface area (Å²) < 4.78 is 11.7. The van der Waals surface area contributed by atoms with E-state index in [1.807, 2.05) is 0 Å². The Morgan fingerprint density at radius 1 is 1.34 bits per heavy atom. The summed E-state index contributed by atoms with van der Waals surface area (Å²) in [6, 6.07) is 3.49. The lowest BCUT2D eigenvalue weighted by molar-refractivity contribution is -0.129. The highest BCUT2D eigenvalue weighted by Gasteiger charge is 2.20. The first-order chi connectivity index (χ1) is 13.9. The van der Waals surface area contributed by atoms with E-state index in [1.165, 1.54) is 23.4 Å². The molecular formula is C17H16ClN5O6. The monoisotopic (exact) mass is 421 g/mol. The molecule has 152 valence electrons. The third kappa shape index (κ3) is 4.70. The van der Waals surface area contributed by atoms with Crippen molar-refractivity contribution in [2.75, 3.05) is 18.6 Å². The van der Waals surface area contributed by atoms with Gasteiger partial charge in [-0.15, -0.1) is 10.2 Å². The molecule has 1 unspecified atom stereocenters. The molecule has 2 amide bonds. The van der Waals surface area contributed by atoms with E-state index >= 15 is 0 Å². The van der Waals surface area contributed by atoms with Gasteiger partial charge < -0.3 is 19.6 Å². The number of benzene rings is 1. The van der Waals surface area contributed by atoms with Gasteiger partial charge in [0, 0.05) is 11.5 Å². The average Bonchev–Trinajstić information content (AvgIpc) is 3.21. The Balaban J connectivity index is 1.61. The molecule has 3 aromatic rings. The lowest BCUT2D eigenvalue weighted by Crippen LogP contribution is -2.49. The zero-order valence-electron chi connectivity index (χ0n) is 15.1. The molecule has 0 aliphatic carbocycles. The normalized spacial score (nSPS) is 11.8. The summed E-state index contributed by atoms with van der Waals surface area (Å²) in [5.74, 6) is -1.04. The second kappa shape index (κ2) is 8.71. The van der Waals surface area contributed by atoms with E-state index in [-0.39, 0.29) is 16.4 Å². The topological polar surface area (TPSA) is 149 Å². The van der Waals surface area contributed by atoms with Gasteiger partial charge in [-0.05, 0) is 24.6 Å². The summed E-state index contributed by atoms with van der Waals surface area (Å²) in [6.45, 7) is 0.634. The van der Waals surface area contributed by atoms with Gasteiger partial charge in [-0.1, -0.05) is 11.6 Å². The molecule has 0 spiro atoms. The second-order valence-electron chi connectivity index (χ2n) is 5.92. The van der Waals surface area contributed by atoms with Gasteiger partial charge in [-0.25, -0.2) is 9.47 Å². The summed E-state index contributed by atoms with van der Waals surface area (Å²) in [5.41, 5.74) is 2.54. The van der Waals surface area contributed by atoms with Crippen molar-refractivity contribution in [3.05, 3.63) is 51.9 Å². The number of fused-ring (bicyclic) bond motifs is 1. The van der Waals surface area contributed by atoms with Crippen molar-refractivity contribution in [3.8, 4) is 5.75 Å². The highest BCUT2D eigenvalue weighted by Crippen LogP contribution is 2.25. The van der Waals surface area contributed by atoms with Crippen LogP contribution in [0.15, 0.2) is 40.1 Å². The molecule has 11 nitrogen and oxygen atoms in total. The Labute approximate surface area is 168 Å². The Morgan fingerprint density at radius 3 is 2.76 bits per heavy atom. The van der Waals surface area contributed by atoms with Gasteiger partial charge in [0.1, 0.15) is 35.1 Å². The lowest BCUT2D eigenvalue weighted by atomic mass is 10.1. The van der Waals surface area contributed by atoms with Crippen molar-refractivity contribution >= 4 is 34.4 Å². The molecule has 1 aromatic carbocycles. The van der Waals surface area contributed by atoms with Crippen molar-refractivity contribution in [1.29, 1.82) is 0 Å². The van der Waals surface area contributed by atoms with Crippen LogP contribution in [0.4, 0.5) is 0 Å². The number of nitrogens with one attached hydrogen (secondary N) is 2. The molecule has 0 bridgehead atoms. The number of hydrogen-bond acceptors (Lipinski definition) is 8. The molecule has 0 aliphatic rings. The SMILES string of the molecule is Cc1c(Cl)c(=O)oc2cc(OCC(=O)NC(CO)C(=O)Nn3cnnc3)ccc12. The molecule has 12 heteroatoms. The van der Waals surface area contributed by atoms with Crippen LogP contribution in [0, 0.1) is 6.92 Å². The first kappa shape index (κ1) is 20.3. The number of aliphatic hydroxyl groups is 1. The van der Waals surface area contributed by atoms with E-state index in [2.05, 4.69) is 20.9 Å². The number of aryl methyl sites for hydroxylation is 1. The second-order valence-corrected chi connectivity index (χ2v) is 6.30. The first-order valence-electron chi connectivity index (χ1n) is 8.30. The van der Waals surface area contributed by atoms with Crippen LogP contribution in [0.2, 0.25) is 5.02 Å². The number of ether oxygens (including phenoxy) is 1. The van der Waals surface area contributed by atoms with Crippen molar-refractivity contribution in [1.82, 2.24) is 20.2 Å². The zero-order chi connectivity index (χ0) is 21.0. The van der Waals surface area contributed by atoms with Crippen molar-refractivity contribution in [2.24, 2.45) is 0 Å². The van der Waals surface area contributed by atoms with Crippen LogP contribution in [0.1, 0.15) is 5.56 Å². The first-order valence-corrected chi connectivity index (χ1v) is 8.68. The highest BCUT2D eigenvalue weighted by atomic mass is 35.5. The number of hydrogen-bond donors (Lipinski definition) is 3. The van der Waals surface area contributed by atoms with E-state index in [1.54, 1.807) is 19.1 Å². The summed E-state index contributed by atoms with van der Waals surface area (Å²) >= 11 is 5.88. The van der Waals surface area contributed by atoms with Gasteiger partial charge in [0.15, 0.2) is 6.61 Å². The Hall–Kier alpha value is -3.44. The van der Waals surface area contributed by atoms with E-state index in [9.17, 15) is 19.5 Å². The molecule has 0 radical (unpaired) electrons. The molecule has 2 aromatic heterocycles. The van der Waals surface area contributed by atoms with Gasteiger partial charge in [0.25, 0.3) is 11.8 Å². The van der Waals surface area contributed by atoms with Crippen molar-refractivity contribution in [2.45, 2.75) is 13.0 Å². The number of aliphatic hydroxyl groups excluding tert-OH is 1. The highest BCUT2D eigenvalue weighted by molar-refractivity contribution is 6.31. The van der Waals surface area contributed by atoms with Crippen LogP contribution in [-0.4, -0.2) is 51.0 Å². The molecule has 3 N–H and O–H groups in total. The third-order valence-corrected chi connectivity index (χ3v) is 4.37. The molecule has 0 aliphatic heterocycles. The Bertz CT molecular complexity index is 1100. The van der Waals surface area contributed by atoms with Gasteiger partial charge in [0.2, 0.25) is 0 Å². The van der Waals surface area contributed by atoms with E-state index in [4.69, 9.17) is 20.8 Å². The number of rotatable bonds is 7. The fraction of sp³-hybridized carbons (Fsp3) is 0.235. The molecule has 3 rings (SSSR count). The smallest absolute Gasteiger partial charge is 0.355 e. The standard InChI is InChI=1S/C17H16ClN5O6/c1-9-11-3-2-10(4-13(11)29-17(27)15(9)18)28-6-14(25)21-12(5-24)16(26)22-23-7-19-20-8-23/h2-4,7-8,12,24H,5-6H2,1H3,(H,21,25)(H,22,26). The fourth-order valence-electron chi connectivity index (χ4n) is 2.45. The maximum Gasteiger partial charge on any atom is 0.355 e. The van der Waals surface area contributed by atoms with Crippen LogP contribution < -0.4 is 21.1 Å². The number of amides is 2. The van der Waals surface area contributed by atoms with Crippen LogP contribution >= 0.6 is 11.6 Å². The number of carbonyl (C=O) groups is 2. The lowest BCUT2D eigenvalue weighted by Gasteiger charge is -2.16. The van der Waals surface area contributed by atoms with Gasteiger partial charge >= 0.3 is 5.63 Å². The Morgan fingerprint density at radius 2 is 2.07 bits per heavy atom. The molecule has 0 saturated heterocycles. The van der Waals surface area contributed by atoms with Gasteiger partial charge in [-0.3, -0.25) is 15.0 Å². The minimum absolute atomic E-state index is 0.00495. The predicted molar refractivity (Wildman–Crippen MR) is 101 cm³/mol. The summed E-state index contributed by atoms with van der Waals surface area (Å²) in [7, 11) is 0. The van der Waals surface area contributed by atoms with Crippen molar-refractivity contribution < 1.29 is 23.8 Å². The van der Waals surface area contributed by atoms with E-state index in [0.717, 1.165) is 0 Å². The summed E-state index contributed by atoms with van der Waals surface area (Å²) in [4.78, 5) is 35.8. The van der Waals surface area contributed by atoms with Crippen LogP contribution in [-0.2, 0) is 9.59 Å². The van der Waals surface area contributed by atoms with Crippen LogP contribution in [0.5, 0.6) is 5.75 Å². The van der Waals surface area contributed by atoms with Crippen LogP contribution in [0.3, 0.4) is 0 Å². The zero-order valence-corrected chi connectivity index (χ0v) is 15.8. The van der Waals surface area contributed by atoms with Crippen LogP contribution in [0.25, 0.3) is 11.0 Å². The maximum absolute atomic E-state index is 12.1. The molecule has 29 heavy (non-hydrogen) atoms. The number of halogens is 1. The minimum atomic E-state index is -1.20. The third-order valence-electron chi connectivity index (χ3n) is 3.93. The number of nitrogens with zero attached hydrogens (tertiary/aromatic N) is 3. The molecule has 0 saturated carbocycles. The fourth-order valence-corrected chi connectivity index (χ4v) is 2.59. The van der Waals surface area contributed by atoms with E-state index in [0.29, 0.717) is 10.9 Å². The molecular weight excluding hydrogens is 406 g/mol. The molecule has 2 heterocycles. The van der Waals surface area contributed by atoms with E-state index < -0.39 is 36.7 Å². The minimum Gasteiger partial charge on any atom is -0.484 e. The van der Waals surface area contributed by atoms with Crippen molar-refractivity contribution in [3.63, 3.8) is 0 Å². The van der Waals surface area contributed by atoms with Gasteiger partial charge in [-0.2, -0.15) is 0 Å². The molecule has 0 fully saturated rings. The quantitative estimate of drug-likeness (QED) is 0.450. The summed E-state index contributed by atoms with van der Waals surface area (Å²) in [5, 5.41) is 19.4. The molecule has 1 atom stereocenters. The number of carbonyl (C=O) groups excluding carboxylic acids is 2.